The van der Waals surface area contributed by atoms with Crippen LogP contribution in [0.1, 0.15) is 12.8 Å². The van der Waals surface area contributed by atoms with E-state index >= 15 is 0 Å². The topological polar surface area (TPSA) is 89.4 Å². The molecule has 0 bridgehead atoms. The average molecular weight is 588 g/mol. The van der Waals surface area contributed by atoms with Gasteiger partial charge in [0.05, 0.1) is 23.0 Å². The molecule has 0 saturated carbocycles. The van der Waals surface area contributed by atoms with Gasteiger partial charge in [0.15, 0.2) is 5.82 Å². The fraction of sp³-hybridized carbons (Fsp3) is 0.429. The Kier molecular flexibility index (Phi) is 7.97. The van der Waals surface area contributed by atoms with E-state index in [0.717, 1.165) is 11.4 Å². The van der Waals surface area contributed by atoms with Gasteiger partial charge in [-0.3, -0.25) is 0 Å². The molecule has 0 aliphatic carbocycles. The molecule has 4 aromatic rings. The molecule has 3 heterocycles. The minimum atomic E-state index is -3.26. The van der Waals surface area contributed by atoms with Crippen LogP contribution in [0.4, 0.5) is 14.6 Å². The first-order valence-corrected chi connectivity index (χ1v) is 19.0. The predicted molar refractivity (Wildman–Crippen MR) is 158 cm³/mol. The molecular formula is C28H35F2N5O3SSi. The van der Waals surface area contributed by atoms with Crippen molar-refractivity contribution in [3.05, 3.63) is 54.1 Å². The van der Waals surface area contributed by atoms with Crippen LogP contribution in [-0.4, -0.2) is 67.6 Å². The number of piperidine rings is 1. The standard InChI is InChI=1S/C28H35F2N5O3SSi/c1-39(36,37)34-14-12-19(13-15-34)31-28-26-27(35(33-28)18-38-16-17-40(2,3)4)21-9-6-5-8-20(21)25(32-26)24-22(29)10-7-11-23(24)30/h5-11,19H,12-18H2,1-4H3,(H,31,33). The summed E-state index contributed by atoms with van der Waals surface area (Å²) in [5.41, 5.74) is 1.20. The lowest BCUT2D eigenvalue weighted by atomic mass is 10.0. The molecule has 5 rings (SSSR count). The number of hydrogen-bond acceptors (Lipinski definition) is 6. The molecule has 2 aromatic heterocycles. The Bertz CT molecular complexity index is 1630. The van der Waals surface area contributed by atoms with Crippen LogP contribution in [0, 0.1) is 11.6 Å². The Hall–Kier alpha value is -2.93. The Morgan fingerprint density at radius 3 is 2.30 bits per heavy atom. The van der Waals surface area contributed by atoms with E-state index in [0.29, 0.717) is 54.8 Å². The van der Waals surface area contributed by atoms with Crippen LogP contribution in [0.2, 0.25) is 25.7 Å². The van der Waals surface area contributed by atoms with E-state index in [9.17, 15) is 17.2 Å². The second-order valence-electron chi connectivity index (χ2n) is 11.6. The van der Waals surface area contributed by atoms with Crippen molar-refractivity contribution >= 4 is 45.7 Å². The highest BCUT2D eigenvalue weighted by atomic mass is 32.2. The van der Waals surface area contributed by atoms with Gasteiger partial charge in [-0.05, 0) is 31.0 Å². The highest BCUT2D eigenvalue weighted by molar-refractivity contribution is 7.88. The van der Waals surface area contributed by atoms with Crippen LogP contribution in [0.15, 0.2) is 42.5 Å². The summed E-state index contributed by atoms with van der Waals surface area (Å²) < 4.78 is 63.2. The molecule has 214 valence electrons. The molecule has 1 aliphatic heterocycles. The van der Waals surface area contributed by atoms with Gasteiger partial charge < -0.3 is 10.1 Å². The van der Waals surface area contributed by atoms with Gasteiger partial charge in [0.2, 0.25) is 10.0 Å². The molecule has 0 spiro atoms. The van der Waals surface area contributed by atoms with Crippen LogP contribution in [0.25, 0.3) is 33.1 Å². The van der Waals surface area contributed by atoms with Crippen LogP contribution in [0.3, 0.4) is 0 Å². The molecule has 0 atom stereocenters. The molecule has 12 heteroatoms. The van der Waals surface area contributed by atoms with Crippen molar-refractivity contribution in [2.75, 3.05) is 31.3 Å². The number of fused-ring (bicyclic) bond motifs is 3. The minimum Gasteiger partial charge on any atom is -0.364 e. The van der Waals surface area contributed by atoms with Crippen molar-refractivity contribution in [3.8, 4) is 11.3 Å². The Balaban J connectivity index is 1.59. The maximum absolute atomic E-state index is 15.0. The van der Waals surface area contributed by atoms with Crippen LogP contribution < -0.4 is 5.32 Å². The van der Waals surface area contributed by atoms with Gasteiger partial charge in [0, 0.05) is 44.6 Å². The third kappa shape index (κ3) is 6.04. The maximum atomic E-state index is 15.0. The van der Waals surface area contributed by atoms with E-state index in [1.54, 1.807) is 10.7 Å². The summed E-state index contributed by atoms with van der Waals surface area (Å²) in [5, 5.41) is 9.64. The van der Waals surface area contributed by atoms with Crippen molar-refractivity contribution in [3.63, 3.8) is 0 Å². The second-order valence-corrected chi connectivity index (χ2v) is 19.2. The number of nitrogens with one attached hydrogen (secondary N) is 1. The Labute approximate surface area is 234 Å². The highest BCUT2D eigenvalue weighted by Gasteiger charge is 2.27. The molecule has 1 aliphatic rings. The number of pyridine rings is 1. The number of aromatic nitrogens is 3. The number of benzene rings is 2. The van der Waals surface area contributed by atoms with Crippen molar-refractivity contribution in [1.29, 1.82) is 0 Å². The van der Waals surface area contributed by atoms with Gasteiger partial charge in [-0.1, -0.05) is 50.0 Å². The lowest BCUT2D eigenvalue weighted by Gasteiger charge is -2.30. The molecule has 1 saturated heterocycles. The highest BCUT2D eigenvalue weighted by Crippen LogP contribution is 2.37. The van der Waals surface area contributed by atoms with E-state index < -0.39 is 29.7 Å². The maximum Gasteiger partial charge on any atom is 0.211 e. The summed E-state index contributed by atoms with van der Waals surface area (Å²) in [6.45, 7) is 8.47. The van der Waals surface area contributed by atoms with Crippen LogP contribution in [-0.2, 0) is 21.5 Å². The number of ether oxygens (including phenoxy) is 1. The van der Waals surface area contributed by atoms with Crippen LogP contribution >= 0.6 is 0 Å². The summed E-state index contributed by atoms with van der Waals surface area (Å²) in [4.78, 5) is 4.82. The quantitative estimate of drug-likeness (QED) is 0.200. The molecule has 1 N–H and O–H groups in total. The van der Waals surface area contributed by atoms with Crippen molar-refractivity contribution in [1.82, 2.24) is 19.1 Å². The van der Waals surface area contributed by atoms with Gasteiger partial charge in [0.1, 0.15) is 23.9 Å². The number of rotatable bonds is 9. The van der Waals surface area contributed by atoms with Gasteiger partial charge in [-0.15, -0.1) is 0 Å². The molecule has 0 amide bonds. The fourth-order valence-corrected chi connectivity index (χ4v) is 6.68. The van der Waals surface area contributed by atoms with Gasteiger partial charge in [-0.2, -0.15) is 5.10 Å². The third-order valence-corrected chi connectivity index (χ3v) is 10.3. The van der Waals surface area contributed by atoms with E-state index in [2.05, 4.69) is 25.0 Å². The monoisotopic (exact) mass is 587 g/mol. The molecule has 8 nitrogen and oxygen atoms in total. The summed E-state index contributed by atoms with van der Waals surface area (Å²) in [6.07, 6.45) is 2.41. The number of halogens is 2. The molecular weight excluding hydrogens is 552 g/mol. The minimum absolute atomic E-state index is 0.0423. The van der Waals surface area contributed by atoms with E-state index in [1.807, 2.05) is 18.2 Å². The molecule has 0 unspecified atom stereocenters. The molecule has 1 fully saturated rings. The van der Waals surface area contributed by atoms with Gasteiger partial charge in [0.25, 0.3) is 0 Å². The Morgan fingerprint density at radius 2 is 1.68 bits per heavy atom. The first-order chi connectivity index (χ1) is 18.9. The predicted octanol–water partition coefficient (Wildman–Crippen LogP) is 5.68. The zero-order valence-corrected chi connectivity index (χ0v) is 25.1. The second kappa shape index (κ2) is 11.2. The third-order valence-electron chi connectivity index (χ3n) is 7.26. The summed E-state index contributed by atoms with van der Waals surface area (Å²) in [6, 6.07) is 12.1. The first-order valence-electron chi connectivity index (χ1n) is 13.5. The Morgan fingerprint density at radius 1 is 1.02 bits per heavy atom. The normalized spacial score (nSPS) is 15.8. The summed E-state index contributed by atoms with van der Waals surface area (Å²) in [5.74, 6) is -0.909. The van der Waals surface area contributed by atoms with E-state index in [4.69, 9.17) is 14.8 Å². The van der Waals surface area contributed by atoms with Crippen molar-refractivity contribution in [2.24, 2.45) is 0 Å². The average Bonchev–Trinajstić information content (AvgIpc) is 3.23. The summed E-state index contributed by atoms with van der Waals surface area (Å²) in [7, 11) is -4.55. The number of sulfonamides is 1. The van der Waals surface area contributed by atoms with E-state index in [-0.39, 0.29) is 24.0 Å². The van der Waals surface area contributed by atoms with Crippen molar-refractivity contribution in [2.45, 2.75) is 51.3 Å². The molecule has 40 heavy (non-hydrogen) atoms. The van der Waals surface area contributed by atoms with E-state index in [1.165, 1.54) is 28.8 Å². The lowest BCUT2D eigenvalue weighted by Crippen LogP contribution is -2.41. The van der Waals surface area contributed by atoms with Crippen LogP contribution in [0.5, 0.6) is 0 Å². The molecule has 0 radical (unpaired) electrons. The number of nitrogens with zero attached hydrogens (tertiary/aromatic N) is 4. The zero-order chi connectivity index (χ0) is 28.7. The smallest absolute Gasteiger partial charge is 0.211 e. The number of hydrogen-bond donors (Lipinski definition) is 1. The lowest BCUT2D eigenvalue weighted by molar-refractivity contribution is 0.0820. The van der Waals surface area contributed by atoms with Gasteiger partial charge in [-0.25, -0.2) is 31.2 Å². The largest absolute Gasteiger partial charge is 0.364 e. The summed E-state index contributed by atoms with van der Waals surface area (Å²) >= 11 is 0. The fourth-order valence-electron chi connectivity index (χ4n) is 5.05. The zero-order valence-electron chi connectivity index (χ0n) is 23.2. The number of anilines is 1. The van der Waals surface area contributed by atoms with Gasteiger partial charge >= 0.3 is 0 Å². The molecule has 2 aromatic carbocycles. The SMILES string of the molecule is C[Si](C)(C)CCOCn1nc(NC2CCN(S(C)(=O)=O)CC2)c2nc(-c3c(F)cccc3F)c3ccccc3c21. The van der Waals surface area contributed by atoms with Crippen molar-refractivity contribution < 1.29 is 21.9 Å². The first kappa shape index (κ1) is 28.6.